The van der Waals surface area contributed by atoms with Crippen LogP contribution < -0.4 is 4.90 Å². The van der Waals surface area contributed by atoms with Crippen molar-refractivity contribution in [2.75, 3.05) is 44.2 Å². The Morgan fingerprint density at radius 1 is 1.27 bits per heavy atom. The van der Waals surface area contributed by atoms with E-state index in [1.165, 1.54) is 0 Å². The zero-order chi connectivity index (χ0) is 15.4. The number of nitrogens with zero attached hydrogens (tertiary/aromatic N) is 5. The lowest BCUT2D eigenvalue weighted by Crippen LogP contribution is -2.33. The number of aromatic nitrogens is 3. The zero-order valence-corrected chi connectivity index (χ0v) is 12.8. The number of β-amino-alcohol motifs (C(OH)–C–C–N with tert-alkyl or cyclic N) is 1. The van der Waals surface area contributed by atoms with E-state index in [0.717, 1.165) is 50.5 Å². The van der Waals surface area contributed by atoms with Crippen LogP contribution in [0.5, 0.6) is 0 Å². The number of pyridine rings is 1. The van der Waals surface area contributed by atoms with E-state index >= 15 is 0 Å². The minimum atomic E-state index is 0.204. The van der Waals surface area contributed by atoms with E-state index in [0.29, 0.717) is 11.7 Å². The van der Waals surface area contributed by atoms with Crippen molar-refractivity contribution < 1.29 is 9.63 Å². The number of hydrogen-bond donors (Lipinski definition) is 1. The number of aliphatic hydroxyl groups excluding tert-OH is 1. The van der Waals surface area contributed by atoms with Crippen molar-refractivity contribution in [1.82, 2.24) is 20.0 Å². The molecule has 2 aromatic heterocycles. The van der Waals surface area contributed by atoms with Gasteiger partial charge in [0.25, 0.3) is 5.89 Å². The molecule has 0 saturated carbocycles. The maximum atomic E-state index is 9.09. The molecule has 7 heteroatoms. The summed E-state index contributed by atoms with van der Waals surface area (Å²) in [6.07, 6.45) is 2.83. The lowest BCUT2D eigenvalue weighted by molar-refractivity contribution is 0.204. The second kappa shape index (κ2) is 6.85. The molecule has 118 valence electrons. The molecule has 3 heterocycles. The van der Waals surface area contributed by atoms with Gasteiger partial charge in [-0.2, -0.15) is 4.98 Å². The molecule has 1 aliphatic heterocycles. The first kappa shape index (κ1) is 14.9. The fourth-order valence-corrected chi connectivity index (χ4v) is 2.77. The van der Waals surface area contributed by atoms with Gasteiger partial charge < -0.3 is 14.5 Å². The van der Waals surface area contributed by atoms with Gasteiger partial charge in [-0.25, -0.2) is 4.98 Å². The molecule has 0 aliphatic carbocycles. The summed E-state index contributed by atoms with van der Waals surface area (Å²) in [5.41, 5.74) is 0.874. The van der Waals surface area contributed by atoms with Gasteiger partial charge in [-0.1, -0.05) is 5.16 Å². The van der Waals surface area contributed by atoms with Crippen LogP contribution in [-0.4, -0.2) is 64.5 Å². The summed E-state index contributed by atoms with van der Waals surface area (Å²) in [6.45, 7) is 6.46. The molecule has 0 amide bonds. The molecule has 0 unspecified atom stereocenters. The second-order valence-electron chi connectivity index (χ2n) is 5.43. The standard InChI is InChI=1S/C15H21N5O2/c1-12-17-15(22-18-12)13-4-2-5-16-14(13)20-7-3-6-19(8-9-20)10-11-21/h2,4-5,21H,3,6-11H2,1H3. The first-order chi connectivity index (χ1) is 10.8. The smallest absolute Gasteiger partial charge is 0.261 e. The summed E-state index contributed by atoms with van der Waals surface area (Å²) in [5.74, 6) is 2.02. The third-order valence-corrected chi connectivity index (χ3v) is 3.85. The van der Waals surface area contributed by atoms with Crippen molar-refractivity contribution in [3.05, 3.63) is 24.2 Å². The average Bonchev–Trinajstić information content (AvgIpc) is 2.83. The largest absolute Gasteiger partial charge is 0.395 e. The first-order valence-corrected chi connectivity index (χ1v) is 7.62. The molecular formula is C15H21N5O2. The van der Waals surface area contributed by atoms with Crippen LogP contribution in [-0.2, 0) is 0 Å². The molecule has 3 rings (SSSR count). The molecule has 2 aromatic rings. The Balaban J connectivity index is 1.83. The maximum absolute atomic E-state index is 9.09. The topological polar surface area (TPSA) is 78.5 Å². The first-order valence-electron chi connectivity index (χ1n) is 7.62. The van der Waals surface area contributed by atoms with Gasteiger partial charge >= 0.3 is 0 Å². The van der Waals surface area contributed by atoms with Crippen LogP contribution in [0.4, 0.5) is 5.82 Å². The predicted molar refractivity (Wildman–Crippen MR) is 82.6 cm³/mol. The fraction of sp³-hybridized carbons (Fsp3) is 0.533. The second-order valence-corrected chi connectivity index (χ2v) is 5.43. The van der Waals surface area contributed by atoms with Crippen molar-refractivity contribution >= 4 is 5.82 Å². The highest BCUT2D eigenvalue weighted by Crippen LogP contribution is 2.28. The van der Waals surface area contributed by atoms with Crippen molar-refractivity contribution in [2.24, 2.45) is 0 Å². The van der Waals surface area contributed by atoms with Crippen LogP contribution in [0.15, 0.2) is 22.9 Å². The highest BCUT2D eigenvalue weighted by Gasteiger charge is 2.20. The highest BCUT2D eigenvalue weighted by molar-refractivity contribution is 5.69. The molecule has 0 aromatic carbocycles. The van der Waals surface area contributed by atoms with Crippen molar-refractivity contribution in [3.8, 4) is 11.5 Å². The predicted octanol–water partition coefficient (Wildman–Crippen LogP) is 0.944. The molecule has 0 atom stereocenters. The van der Waals surface area contributed by atoms with E-state index in [-0.39, 0.29) is 6.61 Å². The Labute approximate surface area is 129 Å². The Bertz CT molecular complexity index is 615. The summed E-state index contributed by atoms with van der Waals surface area (Å²) in [6, 6.07) is 3.85. The van der Waals surface area contributed by atoms with Gasteiger partial charge in [0.1, 0.15) is 5.82 Å². The van der Waals surface area contributed by atoms with Crippen LogP contribution in [0.3, 0.4) is 0 Å². The molecule has 0 radical (unpaired) electrons. The quantitative estimate of drug-likeness (QED) is 0.900. The SMILES string of the molecule is Cc1noc(-c2cccnc2N2CCCN(CCO)CC2)n1. The van der Waals surface area contributed by atoms with Crippen LogP contribution in [0.2, 0.25) is 0 Å². The van der Waals surface area contributed by atoms with Crippen molar-refractivity contribution in [1.29, 1.82) is 0 Å². The van der Waals surface area contributed by atoms with E-state index in [9.17, 15) is 0 Å². The van der Waals surface area contributed by atoms with Gasteiger partial charge in [-0.15, -0.1) is 0 Å². The summed E-state index contributed by atoms with van der Waals surface area (Å²) >= 11 is 0. The van der Waals surface area contributed by atoms with E-state index < -0.39 is 0 Å². The van der Waals surface area contributed by atoms with Crippen LogP contribution >= 0.6 is 0 Å². The normalized spacial score (nSPS) is 16.7. The number of aliphatic hydroxyl groups is 1. The molecule has 1 fully saturated rings. The Morgan fingerprint density at radius 2 is 2.18 bits per heavy atom. The summed E-state index contributed by atoms with van der Waals surface area (Å²) in [4.78, 5) is 13.4. The van der Waals surface area contributed by atoms with Gasteiger partial charge in [-0.3, -0.25) is 4.90 Å². The van der Waals surface area contributed by atoms with Crippen LogP contribution in [0.25, 0.3) is 11.5 Å². The Kier molecular flexibility index (Phi) is 4.65. The summed E-state index contributed by atoms with van der Waals surface area (Å²) < 4.78 is 5.30. The number of aryl methyl sites for hydroxylation is 1. The maximum Gasteiger partial charge on any atom is 0.261 e. The lowest BCUT2D eigenvalue weighted by atomic mass is 10.2. The summed E-state index contributed by atoms with van der Waals surface area (Å²) in [5, 5.41) is 13.0. The molecular weight excluding hydrogens is 282 g/mol. The molecule has 0 bridgehead atoms. The van der Waals surface area contributed by atoms with Crippen molar-refractivity contribution in [2.45, 2.75) is 13.3 Å². The highest BCUT2D eigenvalue weighted by atomic mass is 16.5. The van der Waals surface area contributed by atoms with E-state index in [2.05, 4.69) is 24.9 Å². The van der Waals surface area contributed by atoms with E-state index in [1.54, 1.807) is 6.20 Å². The van der Waals surface area contributed by atoms with Gasteiger partial charge in [0.05, 0.1) is 12.2 Å². The van der Waals surface area contributed by atoms with E-state index in [4.69, 9.17) is 9.63 Å². The molecule has 1 saturated heterocycles. The molecule has 0 spiro atoms. The van der Waals surface area contributed by atoms with E-state index in [1.807, 2.05) is 19.1 Å². The van der Waals surface area contributed by atoms with Gasteiger partial charge in [-0.05, 0) is 32.0 Å². The molecule has 22 heavy (non-hydrogen) atoms. The third kappa shape index (κ3) is 3.26. The number of anilines is 1. The number of hydrogen-bond acceptors (Lipinski definition) is 7. The summed E-state index contributed by atoms with van der Waals surface area (Å²) in [7, 11) is 0. The van der Waals surface area contributed by atoms with Gasteiger partial charge in [0.15, 0.2) is 5.82 Å². The van der Waals surface area contributed by atoms with Gasteiger partial charge in [0.2, 0.25) is 0 Å². The lowest BCUT2D eigenvalue weighted by Gasteiger charge is -2.23. The van der Waals surface area contributed by atoms with Crippen LogP contribution in [0.1, 0.15) is 12.2 Å². The van der Waals surface area contributed by atoms with Gasteiger partial charge in [0, 0.05) is 32.4 Å². The minimum absolute atomic E-state index is 0.204. The number of rotatable bonds is 4. The molecule has 7 nitrogen and oxygen atoms in total. The molecule has 1 aliphatic rings. The van der Waals surface area contributed by atoms with Crippen LogP contribution in [0, 0.1) is 6.92 Å². The Hall–Kier alpha value is -1.99. The third-order valence-electron chi connectivity index (χ3n) is 3.85. The zero-order valence-electron chi connectivity index (χ0n) is 12.8. The van der Waals surface area contributed by atoms with Crippen molar-refractivity contribution in [3.63, 3.8) is 0 Å². The molecule has 1 N–H and O–H groups in total. The fourth-order valence-electron chi connectivity index (χ4n) is 2.77. The minimum Gasteiger partial charge on any atom is -0.395 e. The monoisotopic (exact) mass is 303 g/mol. The average molecular weight is 303 g/mol. The Morgan fingerprint density at radius 3 is 2.95 bits per heavy atom.